The summed E-state index contributed by atoms with van der Waals surface area (Å²) in [6, 6.07) is 19.9. The second-order valence-electron chi connectivity index (χ2n) is 12.5. The molecule has 3 heterocycles. The number of piperazine rings is 1. The van der Waals surface area contributed by atoms with E-state index in [4.69, 9.17) is 9.31 Å². The van der Waals surface area contributed by atoms with Gasteiger partial charge in [-0.2, -0.15) is 0 Å². The Morgan fingerprint density at radius 2 is 1.49 bits per heavy atom. The standard InChI is InChI=1S/C34H40BN5O7/c1-21(2)18-28(35-46-33(44)26-19-39(3)20-27(40(26)4)34(45)47-35)37-32(43)29(30(41)23-14-9-6-10-15-23)38-31(42)25-17-11-16-24(36-25)22-12-7-5-8-13-22/h5-17,21,26-30,41H,18-20H2,1-4H3,(H,37,43)(H,38,42)/t26-,27-,28+,29?,30-/m1/s1. The highest BCUT2D eigenvalue weighted by Crippen LogP contribution is 2.23. The van der Waals surface area contributed by atoms with Crippen LogP contribution in [-0.2, 0) is 23.7 Å². The molecule has 13 heteroatoms. The molecule has 12 nitrogen and oxygen atoms in total. The Kier molecular flexibility index (Phi) is 10.7. The van der Waals surface area contributed by atoms with Gasteiger partial charge >= 0.3 is 19.1 Å². The fourth-order valence-corrected chi connectivity index (χ4v) is 5.89. The monoisotopic (exact) mass is 641 g/mol. The summed E-state index contributed by atoms with van der Waals surface area (Å²) in [5.41, 5.74) is 1.81. The number of carbonyl (C=O) groups is 4. The molecule has 5 atom stereocenters. The molecule has 0 radical (unpaired) electrons. The van der Waals surface area contributed by atoms with Crippen molar-refractivity contribution in [3.63, 3.8) is 0 Å². The number of nitrogens with one attached hydrogen (secondary N) is 2. The van der Waals surface area contributed by atoms with Gasteiger partial charge in [0.05, 0.1) is 11.6 Å². The van der Waals surface area contributed by atoms with E-state index < -0.39 is 61.0 Å². The summed E-state index contributed by atoms with van der Waals surface area (Å²) in [6.45, 7) is 4.55. The number of hydrogen-bond acceptors (Lipinski definition) is 10. The lowest BCUT2D eigenvalue weighted by molar-refractivity contribution is -0.159. The van der Waals surface area contributed by atoms with Crippen molar-refractivity contribution >= 4 is 30.9 Å². The molecule has 0 saturated carbocycles. The molecule has 0 aliphatic carbocycles. The normalized spacial score (nSPS) is 20.7. The van der Waals surface area contributed by atoms with E-state index in [0.717, 1.165) is 5.56 Å². The second-order valence-corrected chi connectivity index (χ2v) is 12.5. The summed E-state index contributed by atoms with van der Waals surface area (Å²) in [4.78, 5) is 62.2. The van der Waals surface area contributed by atoms with Crippen LogP contribution in [0, 0.1) is 5.92 Å². The number of aliphatic hydroxyl groups is 1. The fraction of sp³-hybridized carbons (Fsp3) is 0.382. The van der Waals surface area contributed by atoms with Gasteiger partial charge in [-0.1, -0.05) is 80.6 Å². The molecular formula is C34H40BN5O7. The number of benzene rings is 2. The Hall–Kier alpha value is -4.59. The van der Waals surface area contributed by atoms with Gasteiger partial charge in [-0.25, -0.2) is 4.98 Å². The van der Waals surface area contributed by atoms with E-state index in [2.05, 4.69) is 15.6 Å². The topological polar surface area (TPSA) is 150 Å². The zero-order chi connectivity index (χ0) is 33.7. The van der Waals surface area contributed by atoms with Crippen molar-refractivity contribution in [3.8, 4) is 11.3 Å². The first kappa shape index (κ1) is 33.8. The fourth-order valence-electron chi connectivity index (χ4n) is 5.89. The first-order valence-electron chi connectivity index (χ1n) is 15.7. The minimum Gasteiger partial charge on any atom is -0.497 e. The Morgan fingerprint density at radius 1 is 0.894 bits per heavy atom. The van der Waals surface area contributed by atoms with Gasteiger partial charge in [0.2, 0.25) is 5.91 Å². The van der Waals surface area contributed by atoms with Gasteiger partial charge in [-0.05, 0) is 44.1 Å². The molecule has 2 aliphatic heterocycles. The van der Waals surface area contributed by atoms with E-state index in [1.54, 1.807) is 54.4 Å². The van der Waals surface area contributed by atoms with E-state index in [1.807, 2.05) is 56.1 Å². The highest BCUT2D eigenvalue weighted by atomic mass is 16.6. The molecule has 2 amide bonds. The minimum atomic E-state index is -1.49. The van der Waals surface area contributed by atoms with Gasteiger partial charge in [0.15, 0.2) is 0 Å². The van der Waals surface area contributed by atoms with E-state index in [9.17, 15) is 24.3 Å². The predicted molar refractivity (Wildman–Crippen MR) is 174 cm³/mol. The SMILES string of the molecule is CC(C)C[C@H](NC(=O)C(NC(=O)c1cccc(-c2ccccc2)n1)[C@H](O)c1ccccc1)B1OC(=O)[C@H]2CN(C)C[C@H](C(=O)O1)N2C. The maximum Gasteiger partial charge on any atom is 0.622 e. The van der Waals surface area contributed by atoms with Gasteiger partial charge < -0.3 is 29.9 Å². The van der Waals surface area contributed by atoms with Crippen molar-refractivity contribution in [2.24, 2.45) is 5.92 Å². The van der Waals surface area contributed by atoms with Gasteiger partial charge in [0.1, 0.15) is 29.9 Å². The van der Waals surface area contributed by atoms with Crippen molar-refractivity contribution in [3.05, 3.63) is 90.1 Å². The van der Waals surface area contributed by atoms with Gasteiger partial charge in [-0.15, -0.1) is 0 Å². The van der Waals surface area contributed by atoms with E-state index in [-0.39, 0.29) is 18.0 Å². The first-order chi connectivity index (χ1) is 22.5. The zero-order valence-corrected chi connectivity index (χ0v) is 26.9. The molecular weight excluding hydrogens is 601 g/mol. The van der Waals surface area contributed by atoms with Crippen LogP contribution in [0.3, 0.4) is 0 Å². The number of likely N-dealkylation sites (N-methyl/N-ethyl adjacent to an activating group) is 2. The van der Waals surface area contributed by atoms with Crippen LogP contribution in [0.15, 0.2) is 78.9 Å². The summed E-state index contributed by atoms with van der Waals surface area (Å²) in [6.07, 6.45) is -1.19. The molecule has 2 saturated heterocycles. The summed E-state index contributed by atoms with van der Waals surface area (Å²) in [5, 5.41) is 16.9. The molecule has 1 aromatic heterocycles. The molecule has 0 spiro atoms. The van der Waals surface area contributed by atoms with Crippen LogP contribution in [0.4, 0.5) is 0 Å². The smallest absolute Gasteiger partial charge is 0.497 e. The lowest BCUT2D eigenvalue weighted by Gasteiger charge is -2.43. The molecule has 47 heavy (non-hydrogen) atoms. The van der Waals surface area contributed by atoms with E-state index in [1.165, 1.54) is 6.07 Å². The molecule has 3 aromatic rings. The number of pyridine rings is 1. The predicted octanol–water partition coefficient (Wildman–Crippen LogP) is 1.85. The summed E-state index contributed by atoms with van der Waals surface area (Å²) < 4.78 is 11.5. The Labute approximate surface area is 274 Å². The Balaban J connectivity index is 1.41. The summed E-state index contributed by atoms with van der Waals surface area (Å²) in [7, 11) is 2.08. The van der Waals surface area contributed by atoms with Crippen molar-refractivity contribution in [1.29, 1.82) is 0 Å². The number of nitrogens with zero attached hydrogens (tertiary/aromatic N) is 3. The summed E-state index contributed by atoms with van der Waals surface area (Å²) in [5.74, 6) is -3.59. The number of aromatic nitrogens is 1. The highest BCUT2D eigenvalue weighted by molar-refractivity contribution is 6.51. The number of amides is 2. The Bertz CT molecular complexity index is 1550. The maximum atomic E-state index is 14.1. The molecule has 1 unspecified atom stereocenters. The Morgan fingerprint density at radius 3 is 2.09 bits per heavy atom. The molecule has 2 bridgehead atoms. The van der Waals surface area contributed by atoms with Gasteiger partial charge in [-0.3, -0.25) is 24.1 Å². The van der Waals surface area contributed by atoms with Crippen LogP contribution >= 0.6 is 0 Å². The molecule has 2 aliphatic rings. The van der Waals surface area contributed by atoms with E-state index >= 15 is 0 Å². The zero-order valence-electron chi connectivity index (χ0n) is 26.9. The van der Waals surface area contributed by atoms with Crippen molar-refractivity contribution in [2.75, 3.05) is 27.2 Å². The third kappa shape index (κ3) is 8.05. The molecule has 5 rings (SSSR count). The van der Waals surface area contributed by atoms with E-state index in [0.29, 0.717) is 24.3 Å². The van der Waals surface area contributed by atoms with Crippen LogP contribution < -0.4 is 10.6 Å². The van der Waals surface area contributed by atoms with Gasteiger partial charge in [0, 0.05) is 18.7 Å². The molecule has 246 valence electrons. The quantitative estimate of drug-likeness (QED) is 0.280. The van der Waals surface area contributed by atoms with Crippen LogP contribution in [0.25, 0.3) is 11.3 Å². The number of rotatable bonds is 10. The number of carbonyl (C=O) groups excluding carboxylic acids is 4. The van der Waals surface area contributed by atoms with Crippen LogP contribution in [0.2, 0.25) is 0 Å². The van der Waals surface area contributed by atoms with Gasteiger partial charge in [0.25, 0.3) is 5.91 Å². The van der Waals surface area contributed by atoms with Crippen molar-refractivity contribution in [2.45, 2.75) is 50.4 Å². The largest absolute Gasteiger partial charge is 0.622 e. The number of fused-ring (bicyclic) bond motifs is 2. The number of hydrogen-bond donors (Lipinski definition) is 3. The average Bonchev–Trinajstić information content (AvgIpc) is 3.07. The maximum absolute atomic E-state index is 14.1. The average molecular weight is 642 g/mol. The molecule has 2 fully saturated rings. The van der Waals surface area contributed by atoms with Crippen molar-refractivity contribution < 1.29 is 33.6 Å². The number of aliphatic hydroxyl groups excluding tert-OH is 1. The van der Waals surface area contributed by atoms with Crippen LogP contribution in [0.5, 0.6) is 0 Å². The molecule has 2 aromatic carbocycles. The summed E-state index contributed by atoms with van der Waals surface area (Å²) >= 11 is 0. The highest BCUT2D eigenvalue weighted by Gasteiger charge is 2.49. The second kappa shape index (κ2) is 14.9. The molecule has 3 N–H and O–H groups in total. The van der Waals surface area contributed by atoms with Crippen LogP contribution in [0.1, 0.15) is 42.4 Å². The lowest BCUT2D eigenvalue weighted by atomic mass is 9.73. The third-order valence-electron chi connectivity index (χ3n) is 8.42. The van der Waals surface area contributed by atoms with Crippen LogP contribution in [-0.4, -0.2) is 102 Å². The third-order valence-corrected chi connectivity index (χ3v) is 8.42. The first-order valence-corrected chi connectivity index (χ1v) is 15.7. The minimum absolute atomic E-state index is 0.0199. The lowest BCUT2D eigenvalue weighted by Crippen LogP contribution is -2.66. The van der Waals surface area contributed by atoms with Crippen molar-refractivity contribution in [1.82, 2.24) is 25.4 Å².